The number of aromatic carboxylic acids is 1. The molecule has 2 aliphatic rings. The highest BCUT2D eigenvalue weighted by Crippen LogP contribution is 2.38. The van der Waals surface area contributed by atoms with Crippen LogP contribution in [0, 0.1) is 0 Å². The van der Waals surface area contributed by atoms with Gasteiger partial charge in [0.15, 0.2) is 0 Å². The lowest BCUT2D eigenvalue weighted by atomic mass is 9.93. The van der Waals surface area contributed by atoms with Crippen LogP contribution in [0.3, 0.4) is 0 Å². The predicted molar refractivity (Wildman–Crippen MR) is 156 cm³/mol. The molecule has 1 fully saturated rings. The molecular weight excluding hydrogens is 573 g/mol. The number of nitrogens with zero attached hydrogens (tertiary/aromatic N) is 3. The summed E-state index contributed by atoms with van der Waals surface area (Å²) in [5.41, 5.74) is 5.04. The number of aromatic nitrogens is 2. The molecule has 6 rings (SSSR count). The van der Waals surface area contributed by atoms with Crippen molar-refractivity contribution in [1.82, 2.24) is 14.5 Å². The molecule has 3 heterocycles. The van der Waals surface area contributed by atoms with Crippen LogP contribution in [0.4, 0.5) is 0 Å². The number of carbonyl (C=O) groups is 1. The highest BCUT2D eigenvalue weighted by molar-refractivity contribution is 6.35. The Morgan fingerprint density at radius 1 is 1.12 bits per heavy atom. The van der Waals surface area contributed by atoms with E-state index in [-0.39, 0.29) is 24.3 Å². The number of imidazole rings is 1. The van der Waals surface area contributed by atoms with E-state index in [2.05, 4.69) is 16.4 Å². The molecule has 1 saturated heterocycles. The summed E-state index contributed by atoms with van der Waals surface area (Å²) in [6.45, 7) is 5.31. The van der Waals surface area contributed by atoms with E-state index in [0.29, 0.717) is 33.9 Å². The Morgan fingerprint density at radius 3 is 2.67 bits per heavy atom. The third kappa shape index (κ3) is 5.41. The quantitative estimate of drug-likeness (QED) is 0.231. The Hall–Kier alpha value is -2.81. The smallest absolute Gasteiger partial charge is 0.335 e. The van der Waals surface area contributed by atoms with E-state index in [0.717, 1.165) is 54.0 Å². The van der Waals surface area contributed by atoms with Crippen LogP contribution in [0.5, 0.6) is 5.75 Å². The van der Waals surface area contributed by atoms with Crippen LogP contribution in [0.1, 0.15) is 52.3 Å². The molecule has 0 bridgehead atoms. The van der Waals surface area contributed by atoms with E-state index in [1.165, 1.54) is 5.56 Å². The van der Waals surface area contributed by atoms with Gasteiger partial charge in [0.2, 0.25) is 0 Å². The highest BCUT2D eigenvalue weighted by Gasteiger charge is 2.29. The third-order valence-corrected chi connectivity index (χ3v) is 8.74. The van der Waals surface area contributed by atoms with E-state index >= 15 is 0 Å². The number of ether oxygens (including phenoxy) is 2. The average molecular weight is 601 g/mol. The van der Waals surface area contributed by atoms with E-state index < -0.39 is 5.97 Å². The summed E-state index contributed by atoms with van der Waals surface area (Å²) in [6, 6.07) is 14.5. The fraction of sp³-hybridized carbons (Fsp3) is 0.333. The fourth-order valence-electron chi connectivity index (χ4n) is 5.43. The van der Waals surface area contributed by atoms with Crippen molar-refractivity contribution in [3.8, 4) is 5.75 Å². The van der Waals surface area contributed by atoms with Gasteiger partial charge in [-0.1, -0.05) is 40.9 Å². The number of carboxylic acid groups (broad SMARTS) is 1. The van der Waals surface area contributed by atoms with Crippen LogP contribution in [-0.2, 0) is 30.9 Å². The lowest BCUT2D eigenvalue weighted by Gasteiger charge is -2.36. The molecule has 2 aliphatic heterocycles. The van der Waals surface area contributed by atoms with E-state index in [1.54, 1.807) is 30.3 Å². The molecule has 10 heteroatoms. The first-order chi connectivity index (χ1) is 19.3. The van der Waals surface area contributed by atoms with Gasteiger partial charge >= 0.3 is 5.97 Å². The molecule has 0 radical (unpaired) electrons. The van der Waals surface area contributed by atoms with Crippen molar-refractivity contribution < 1.29 is 19.4 Å². The van der Waals surface area contributed by atoms with Gasteiger partial charge in [-0.3, -0.25) is 4.90 Å². The number of carboxylic acids is 1. The molecule has 3 aromatic carbocycles. The van der Waals surface area contributed by atoms with E-state index in [1.807, 2.05) is 18.2 Å². The van der Waals surface area contributed by atoms with Crippen molar-refractivity contribution in [2.45, 2.75) is 51.6 Å². The molecule has 7 nitrogen and oxygen atoms in total. The minimum absolute atomic E-state index is 0.0882. The second kappa shape index (κ2) is 11.2. The van der Waals surface area contributed by atoms with Gasteiger partial charge in [0.05, 0.1) is 40.8 Å². The van der Waals surface area contributed by atoms with Crippen molar-refractivity contribution in [2.75, 3.05) is 13.2 Å². The molecule has 1 N–H and O–H groups in total. The number of halogens is 3. The summed E-state index contributed by atoms with van der Waals surface area (Å²) in [5.74, 6) is 0.550. The third-order valence-electron chi connectivity index (χ3n) is 7.86. The molecule has 2 atom stereocenters. The van der Waals surface area contributed by atoms with Gasteiger partial charge in [0.25, 0.3) is 0 Å². The summed E-state index contributed by atoms with van der Waals surface area (Å²) in [6.07, 6.45) is 1.94. The van der Waals surface area contributed by atoms with Gasteiger partial charge in [0.1, 0.15) is 18.2 Å². The summed E-state index contributed by atoms with van der Waals surface area (Å²) < 4.78 is 13.9. The van der Waals surface area contributed by atoms with Crippen LogP contribution < -0.4 is 4.74 Å². The zero-order valence-corrected chi connectivity index (χ0v) is 24.1. The second-order valence-corrected chi connectivity index (χ2v) is 11.6. The summed E-state index contributed by atoms with van der Waals surface area (Å²) in [5, 5.41) is 11.2. The number of hydrogen-bond acceptors (Lipinski definition) is 5. The van der Waals surface area contributed by atoms with Gasteiger partial charge in [-0.05, 0) is 73.4 Å². The monoisotopic (exact) mass is 599 g/mol. The Bertz CT molecular complexity index is 1600. The van der Waals surface area contributed by atoms with Crippen molar-refractivity contribution in [3.63, 3.8) is 0 Å². The van der Waals surface area contributed by atoms with Gasteiger partial charge in [-0.2, -0.15) is 0 Å². The van der Waals surface area contributed by atoms with Crippen LogP contribution in [0.25, 0.3) is 11.0 Å². The maximum absolute atomic E-state index is 11.6. The Labute approximate surface area is 247 Å². The van der Waals surface area contributed by atoms with Crippen molar-refractivity contribution >= 4 is 51.8 Å². The van der Waals surface area contributed by atoms with E-state index in [4.69, 9.17) is 49.3 Å². The van der Waals surface area contributed by atoms with Gasteiger partial charge in [-0.25, -0.2) is 9.78 Å². The normalized spacial score (nSPS) is 18.9. The first kappa shape index (κ1) is 27.4. The average Bonchev–Trinajstić information content (AvgIpc) is 3.23. The van der Waals surface area contributed by atoms with Gasteiger partial charge < -0.3 is 19.1 Å². The summed E-state index contributed by atoms with van der Waals surface area (Å²) >= 11 is 19.0. The number of rotatable bonds is 8. The largest absolute Gasteiger partial charge is 0.487 e. The maximum Gasteiger partial charge on any atom is 0.335 e. The van der Waals surface area contributed by atoms with Crippen LogP contribution in [0.15, 0.2) is 48.5 Å². The maximum atomic E-state index is 11.6. The number of fused-ring (bicyclic) bond motifs is 2. The molecule has 208 valence electrons. The highest BCUT2D eigenvalue weighted by atomic mass is 35.5. The Morgan fingerprint density at radius 2 is 1.95 bits per heavy atom. The van der Waals surface area contributed by atoms with Crippen molar-refractivity contribution in [3.05, 3.63) is 91.7 Å². The van der Waals surface area contributed by atoms with E-state index in [9.17, 15) is 9.90 Å². The Kier molecular flexibility index (Phi) is 7.68. The fourth-order valence-corrected chi connectivity index (χ4v) is 6.14. The Balaban J connectivity index is 1.26. The lowest BCUT2D eigenvalue weighted by Crippen LogP contribution is -2.36. The van der Waals surface area contributed by atoms with Crippen LogP contribution in [0.2, 0.25) is 15.1 Å². The molecule has 0 spiro atoms. The molecule has 0 saturated carbocycles. The van der Waals surface area contributed by atoms with Gasteiger partial charge in [0, 0.05) is 34.8 Å². The van der Waals surface area contributed by atoms with Crippen molar-refractivity contribution in [2.24, 2.45) is 0 Å². The van der Waals surface area contributed by atoms with Gasteiger partial charge in [-0.15, -0.1) is 0 Å². The molecule has 0 unspecified atom stereocenters. The second-order valence-electron chi connectivity index (χ2n) is 10.3. The minimum atomic E-state index is -0.952. The standard InChI is InChI=1S/C30H28Cl3N3O4/c1-17-23-13-28(40-16-20-2-4-21(31)12-24(20)32)25(33)10-18(23)6-8-35(17)15-29-34-26-5-3-19(30(37)38)11-27(26)36(29)14-22-7-9-39-22/h2-5,10-13,17,22H,6-9,14-16H2,1H3,(H,37,38)/t17-,22-/m0/s1. The molecule has 4 aromatic rings. The first-order valence-electron chi connectivity index (χ1n) is 13.2. The lowest BCUT2D eigenvalue weighted by molar-refractivity contribution is -0.0592. The summed E-state index contributed by atoms with van der Waals surface area (Å²) in [7, 11) is 0. The molecule has 0 amide bonds. The molecular formula is C30H28Cl3N3O4. The SMILES string of the molecule is C[C@H]1c2cc(OCc3ccc(Cl)cc3Cl)c(Cl)cc2CCN1Cc1nc2ccc(C(=O)O)cc2n1C[C@@H]1CCO1. The molecule has 1 aromatic heterocycles. The van der Waals surface area contributed by atoms with Crippen LogP contribution in [-0.4, -0.2) is 44.8 Å². The molecule has 40 heavy (non-hydrogen) atoms. The minimum Gasteiger partial charge on any atom is -0.487 e. The van der Waals surface area contributed by atoms with Crippen molar-refractivity contribution in [1.29, 1.82) is 0 Å². The number of hydrogen-bond donors (Lipinski definition) is 1. The summed E-state index contributed by atoms with van der Waals surface area (Å²) in [4.78, 5) is 18.9. The van der Waals surface area contributed by atoms with Crippen LogP contribution >= 0.6 is 34.8 Å². The predicted octanol–water partition coefficient (Wildman–Crippen LogP) is 7.18. The first-order valence-corrected chi connectivity index (χ1v) is 14.4. The number of benzene rings is 3. The zero-order valence-electron chi connectivity index (χ0n) is 21.9. The molecule has 0 aliphatic carbocycles. The zero-order chi connectivity index (χ0) is 28.0. The topological polar surface area (TPSA) is 76.8 Å².